The second-order valence-electron chi connectivity index (χ2n) is 6.18. The van der Waals surface area contributed by atoms with Gasteiger partial charge in [-0.25, -0.2) is 0 Å². The highest BCUT2D eigenvalue weighted by molar-refractivity contribution is 5.25. The van der Waals surface area contributed by atoms with Gasteiger partial charge in [-0.1, -0.05) is 36.8 Å². The SMILES string of the molecule is CNC(CCN1CCC(C)C(O)C1)c1cccc(C)c1. The Labute approximate surface area is 123 Å². The van der Waals surface area contributed by atoms with E-state index >= 15 is 0 Å². The average Bonchev–Trinajstić information content (AvgIpc) is 2.43. The number of nitrogens with one attached hydrogen (secondary N) is 1. The summed E-state index contributed by atoms with van der Waals surface area (Å²) in [4.78, 5) is 2.39. The molecule has 3 nitrogen and oxygen atoms in total. The molecule has 1 aliphatic heterocycles. The number of hydrogen-bond acceptors (Lipinski definition) is 3. The van der Waals surface area contributed by atoms with Gasteiger partial charge in [0.1, 0.15) is 0 Å². The molecule has 0 spiro atoms. The van der Waals surface area contributed by atoms with Crippen molar-refractivity contribution < 1.29 is 5.11 Å². The van der Waals surface area contributed by atoms with Gasteiger partial charge in [0.05, 0.1) is 6.10 Å². The molecular weight excluding hydrogens is 248 g/mol. The Bertz CT molecular complexity index is 421. The maximum Gasteiger partial charge on any atom is 0.0693 e. The Balaban J connectivity index is 1.88. The smallest absolute Gasteiger partial charge is 0.0693 e. The van der Waals surface area contributed by atoms with Crippen LogP contribution in [0.5, 0.6) is 0 Å². The lowest BCUT2D eigenvalue weighted by molar-refractivity contribution is 0.0278. The maximum absolute atomic E-state index is 9.97. The molecule has 0 amide bonds. The molecule has 3 heteroatoms. The van der Waals surface area contributed by atoms with Crippen LogP contribution in [0.4, 0.5) is 0 Å². The van der Waals surface area contributed by atoms with Crippen LogP contribution in [0.25, 0.3) is 0 Å². The van der Waals surface area contributed by atoms with Gasteiger partial charge >= 0.3 is 0 Å². The Kier molecular flexibility index (Phi) is 5.58. The maximum atomic E-state index is 9.97. The van der Waals surface area contributed by atoms with Crippen LogP contribution in [0.1, 0.15) is 36.9 Å². The highest BCUT2D eigenvalue weighted by atomic mass is 16.3. The largest absolute Gasteiger partial charge is 0.392 e. The summed E-state index contributed by atoms with van der Waals surface area (Å²) >= 11 is 0. The van der Waals surface area contributed by atoms with Gasteiger partial charge in [0.2, 0.25) is 0 Å². The Morgan fingerprint density at radius 2 is 2.25 bits per heavy atom. The molecule has 0 aromatic heterocycles. The second-order valence-corrected chi connectivity index (χ2v) is 6.18. The van der Waals surface area contributed by atoms with E-state index in [1.54, 1.807) is 0 Å². The third-order valence-corrected chi connectivity index (χ3v) is 4.53. The summed E-state index contributed by atoms with van der Waals surface area (Å²) in [5, 5.41) is 13.4. The van der Waals surface area contributed by atoms with Crippen molar-refractivity contribution in [3.8, 4) is 0 Å². The van der Waals surface area contributed by atoms with Gasteiger partial charge in [0.25, 0.3) is 0 Å². The number of benzene rings is 1. The van der Waals surface area contributed by atoms with E-state index in [4.69, 9.17) is 0 Å². The predicted molar refractivity (Wildman–Crippen MR) is 83.8 cm³/mol. The van der Waals surface area contributed by atoms with Gasteiger partial charge < -0.3 is 15.3 Å². The summed E-state index contributed by atoms with van der Waals surface area (Å²) < 4.78 is 0. The fourth-order valence-corrected chi connectivity index (χ4v) is 2.99. The number of nitrogens with zero attached hydrogens (tertiary/aromatic N) is 1. The standard InChI is InChI=1S/C17H28N2O/c1-13-5-4-6-15(11-13)16(18-3)8-10-19-9-7-14(2)17(20)12-19/h4-6,11,14,16-18,20H,7-10,12H2,1-3H3. The molecule has 1 fully saturated rings. The summed E-state index contributed by atoms with van der Waals surface area (Å²) in [6.07, 6.45) is 2.03. The number of rotatable bonds is 5. The molecule has 1 aliphatic rings. The van der Waals surface area contributed by atoms with Gasteiger partial charge in [-0.3, -0.25) is 0 Å². The molecule has 1 saturated heterocycles. The summed E-state index contributed by atoms with van der Waals surface area (Å²) in [7, 11) is 2.03. The van der Waals surface area contributed by atoms with Gasteiger partial charge in [0, 0.05) is 19.1 Å². The molecule has 3 atom stereocenters. The van der Waals surface area contributed by atoms with Crippen LogP contribution in [-0.4, -0.2) is 42.8 Å². The first-order chi connectivity index (χ1) is 9.60. The van der Waals surface area contributed by atoms with Crippen LogP contribution in [0.3, 0.4) is 0 Å². The van der Waals surface area contributed by atoms with Crippen molar-refractivity contribution in [3.05, 3.63) is 35.4 Å². The Hall–Kier alpha value is -0.900. The molecule has 0 radical (unpaired) electrons. The molecule has 1 aromatic rings. The topological polar surface area (TPSA) is 35.5 Å². The molecule has 1 aromatic carbocycles. The van der Waals surface area contributed by atoms with Crippen molar-refractivity contribution in [2.24, 2.45) is 5.92 Å². The van der Waals surface area contributed by atoms with Crippen LogP contribution >= 0.6 is 0 Å². The van der Waals surface area contributed by atoms with E-state index in [9.17, 15) is 5.11 Å². The molecule has 1 heterocycles. The first-order valence-corrected chi connectivity index (χ1v) is 7.74. The molecule has 0 aliphatic carbocycles. The van der Waals surface area contributed by atoms with Gasteiger partial charge in [0.15, 0.2) is 0 Å². The van der Waals surface area contributed by atoms with Crippen molar-refractivity contribution in [2.75, 3.05) is 26.7 Å². The summed E-state index contributed by atoms with van der Waals surface area (Å²) in [6, 6.07) is 9.11. The third kappa shape index (κ3) is 4.05. The molecular formula is C17H28N2O. The minimum atomic E-state index is -0.157. The quantitative estimate of drug-likeness (QED) is 0.866. The molecule has 3 unspecified atom stereocenters. The van der Waals surface area contributed by atoms with Gasteiger partial charge in [-0.15, -0.1) is 0 Å². The van der Waals surface area contributed by atoms with Crippen LogP contribution in [-0.2, 0) is 0 Å². The normalized spacial score (nSPS) is 25.6. The van der Waals surface area contributed by atoms with Crippen molar-refractivity contribution in [1.29, 1.82) is 0 Å². The average molecular weight is 276 g/mol. The van der Waals surface area contributed by atoms with E-state index in [2.05, 4.69) is 48.3 Å². The Morgan fingerprint density at radius 3 is 2.90 bits per heavy atom. The molecule has 0 bridgehead atoms. The number of β-amino-alcohol motifs (C(OH)–C–C–N with tert-alkyl or cyclic N) is 1. The molecule has 2 rings (SSSR count). The summed E-state index contributed by atoms with van der Waals surface area (Å²) in [5.74, 6) is 0.447. The second kappa shape index (κ2) is 7.21. The number of hydrogen-bond donors (Lipinski definition) is 2. The highest BCUT2D eigenvalue weighted by Crippen LogP contribution is 2.21. The van der Waals surface area contributed by atoms with E-state index in [0.29, 0.717) is 12.0 Å². The molecule has 112 valence electrons. The number of aliphatic hydroxyl groups excluding tert-OH is 1. The lowest BCUT2D eigenvalue weighted by Gasteiger charge is -2.35. The zero-order chi connectivity index (χ0) is 14.5. The summed E-state index contributed by atoms with van der Waals surface area (Å²) in [5.41, 5.74) is 2.67. The van der Waals surface area contributed by atoms with Gasteiger partial charge in [-0.05, 0) is 44.8 Å². The predicted octanol–water partition coefficient (Wildman–Crippen LogP) is 2.35. The van der Waals surface area contributed by atoms with Crippen LogP contribution < -0.4 is 5.32 Å². The minimum Gasteiger partial charge on any atom is -0.392 e. The number of piperidine rings is 1. The van der Waals surface area contributed by atoms with Crippen molar-refractivity contribution >= 4 is 0 Å². The minimum absolute atomic E-state index is 0.157. The van der Waals surface area contributed by atoms with Gasteiger partial charge in [-0.2, -0.15) is 0 Å². The number of aliphatic hydroxyl groups is 1. The van der Waals surface area contributed by atoms with Crippen molar-refractivity contribution in [3.63, 3.8) is 0 Å². The molecule has 0 saturated carbocycles. The van der Waals surface area contributed by atoms with Crippen molar-refractivity contribution in [2.45, 2.75) is 38.8 Å². The number of aryl methyl sites for hydroxylation is 1. The van der Waals surface area contributed by atoms with Crippen molar-refractivity contribution in [1.82, 2.24) is 10.2 Å². The summed E-state index contributed by atoms with van der Waals surface area (Å²) in [6.45, 7) is 7.26. The Morgan fingerprint density at radius 1 is 1.45 bits per heavy atom. The lowest BCUT2D eigenvalue weighted by Crippen LogP contribution is -2.43. The van der Waals surface area contributed by atoms with E-state index in [1.165, 1.54) is 11.1 Å². The van der Waals surface area contributed by atoms with Crippen LogP contribution in [0.15, 0.2) is 24.3 Å². The molecule has 2 N–H and O–H groups in total. The van der Waals surface area contributed by atoms with Crippen LogP contribution in [0.2, 0.25) is 0 Å². The van der Waals surface area contributed by atoms with E-state index < -0.39 is 0 Å². The van der Waals surface area contributed by atoms with E-state index in [-0.39, 0.29) is 6.10 Å². The third-order valence-electron chi connectivity index (χ3n) is 4.53. The van der Waals surface area contributed by atoms with Crippen LogP contribution in [0, 0.1) is 12.8 Å². The van der Waals surface area contributed by atoms with E-state index in [1.807, 2.05) is 7.05 Å². The lowest BCUT2D eigenvalue weighted by atomic mass is 9.95. The monoisotopic (exact) mass is 276 g/mol. The first-order valence-electron chi connectivity index (χ1n) is 7.74. The fraction of sp³-hybridized carbons (Fsp3) is 0.647. The fourth-order valence-electron chi connectivity index (χ4n) is 2.99. The highest BCUT2D eigenvalue weighted by Gasteiger charge is 2.24. The zero-order valence-corrected chi connectivity index (χ0v) is 13.0. The number of likely N-dealkylation sites (tertiary alicyclic amines) is 1. The zero-order valence-electron chi connectivity index (χ0n) is 13.0. The van der Waals surface area contributed by atoms with E-state index in [0.717, 1.165) is 32.5 Å². The first kappa shape index (κ1) is 15.5. The molecule has 20 heavy (non-hydrogen) atoms.